The van der Waals surface area contributed by atoms with Gasteiger partial charge in [0, 0.05) is 26.0 Å². The predicted molar refractivity (Wildman–Crippen MR) is 159 cm³/mol. The summed E-state index contributed by atoms with van der Waals surface area (Å²) in [6.45, 7) is 7.32. The molecule has 1 spiro atoms. The molecular weight excluding hydrogens is 555 g/mol. The Hall–Kier alpha value is -4.55. The fourth-order valence-corrected chi connectivity index (χ4v) is 5.30. The van der Waals surface area contributed by atoms with Gasteiger partial charge in [0.15, 0.2) is 5.69 Å². The Morgan fingerprint density at radius 3 is 2.72 bits per heavy atom. The number of benzene rings is 2. The smallest absolute Gasteiger partial charge is 0.296 e. The number of amidine groups is 1. The first-order chi connectivity index (χ1) is 20.8. The molecule has 1 fully saturated rings. The lowest BCUT2D eigenvalue weighted by atomic mass is 9.80. The van der Waals surface area contributed by atoms with E-state index in [1.807, 2.05) is 30.3 Å². The maximum atomic E-state index is 14.2. The minimum absolute atomic E-state index is 0.0295. The van der Waals surface area contributed by atoms with Crippen LogP contribution in [0.25, 0.3) is 0 Å². The molecule has 0 unspecified atom stereocenters. The number of anilines is 1. The summed E-state index contributed by atoms with van der Waals surface area (Å²) in [5.74, 6) is -0.536. The number of ether oxygens (including phenoxy) is 3. The number of hydrazone groups is 1. The van der Waals surface area contributed by atoms with Crippen molar-refractivity contribution in [2.24, 2.45) is 10.8 Å². The third-order valence-electron chi connectivity index (χ3n) is 7.50. The molecule has 226 valence electrons. The maximum absolute atomic E-state index is 14.2. The van der Waals surface area contributed by atoms with Gasteiger partial charge in [0.05, 0.1) is 30.9 Å². The largest absolute Gasteiger partial charge is 0.481 e. The van der Waals surface area contributed by atoms with Crippen LogP contribution in [0.15, 0.2) is 71.2 Å². The Kier molecular flexibility index (Phi) is 9.17. The van der Waals surface area contributed by atoms with Crippen LogP contribution in [0.5, 0.6) is 5.75 Å². The zero-order valence-electron chi connectivity index (χ0n) is 24.1. The van der Waals surface area contributed by atoms with Gasteiger partial charge in [-0.1, -0.05) is 43.0 Å². The van der Waals surface area contributed by atoms with E-state index in [1.54, 1.807) is 11.5 Å². The first-order valence-electron chi connectivity index (χ1n) is 14.1. The lowest BCUT2D eigenvalue weighted by Gasteiger charge is -2.36. The van der Waals surface area contributed by atoms with Crippen molar-refractivity contribution in [2.75, 3.05) is 31.4 Å². The molecule has 3 heterocycles. The lowest BCUT2D eigenvalue weighted by Crippen LogP contribution is -2.43. The Bertz CT molecular complexity index is 1560. The topological polar surface area (TPSA) is 133 Å². The fourth-order valence-electron chi connectivity index (χ4n) is 5.30. The SMILES string of the molecule is C=CN(/N=C(/C)N)c1cc(F)ccc1CNC(=O)c1nc2n(c(=O)c1OCc1ccccc1)CCOCC21CCOCC1. The van der Waals surface area contributed by atoms with E-state index in [9.17, 15) is 14.0 Å². The molecule has 5 rings (SSSR count). The zero-order valence-corrected chi connectivity index (χ0v) is 24.1. The molecule has 2 aromatic carbocycles. The fraction of sp³-hybridized carbons (Fsp3) is 0.355. The van der Waals surface area contributed by atoms with Gasteiger partial charge in [-0.25, -0.2) is 14.4 Å². The van der Waals surface area contributed by atoms with E-state index in [1.165, 1.54) is 29.4 Å². The summed E-state index contributed by atoms with van der Waals surface area (Å²) in [6, 6.07) is 13.4. The molecule has 2 aliphatic heterocycles. The Labute approximate surface area is 248 Å². The molecule has 1 aromatic heterocycles. The van der Waals surface area contributed by atoms with Crippen LogP contribution in [0.4, 0.5) is 10.1 Å². The van der Waals surface area contributed by atoms with Gasteiger partial charge in [-0.15, -0.1) is 0 Å². The molecule has 0 saturated carbocycles. The molecule has 3 aromatic rings. The van der Waals surface area contributed by atoms with Gasteiger partial charge < -0.3 is 25.3 Å². The van der Waals surface area contributed by atoms with E-state index in [2.05, 4.69) is 17.0 Å². The molecule has 2 aliphatic rings. The van der Waals surface area contributed by atoms with Gasteiger partial charge in [-0.3, -0.25) is 14.2 Å². The second-order valence-corrected chi connectivity index (χ2v) is 10.5. The number of aromatic nitrogens is 2. The minimum Gasteiger partial charge on any atom is -0.481 e. The van der Waals surface area contributed by atoms with Crippen molar-refractivity contribution >= 4 is 17.4 Å². The van der Waals surface area contributed by atoms with E-state index < -0.39 is 22.7 Å². The predicted octanol–water partition coefficient (Wildman–Crippen LogP) is 3.21. The maximum Gasteiger partial charge on any atom is 0.296 e. The third kappa shape index (κ3) is 6.60. The number of nitrogens with two attached hydrogens (primary N) is 1. The standard InChI is InChI=1S/C31H35FN6O5/c1-3-38(36-21(2)33)25-17-24(32)10-9-23(25)18-34-28(39)26-27(43-19-22-7-5-4-6-8-22)29(40)37-13-16-42-20-31(30(37)35-26)11-14-41-15-12-31/h3-10,17H,1,11-16,18-20H2,2H3,(H2,33,36)(H,34,39). The number of fused-ring (bicyclic) bond motifs is 2. The van der Waals surface area contributed by atoms with Crippen LogP contribution in [0.1, 0.15) is 47.2 Å². The Morgan fingerprint density at radius 1 is 1.23 bits per heavy atom. The normalized spacial score (nSPS) is 16.2. The molecule has 3 N–H and O–H groups in total. The zero-order chi connectivity index (χ0) is 30.4. The van der Waals surface area contributed by atoms with Crippen LogP contribution < -0.4 is 26.4 Å². The average Bonchev–Trinajstić information content (AvgIpc) is 3.18. The monoisotopic (exact) mass is 590 g/mol. The molecule has 0 aliphatic carbocycles. The van der Waals surface area contributed by atoms with Gasteiger partial charge in [0.25, 0.3) is 11.5 Å². The van der Waals surface area contributed by atoms with Crippen molar-refractivity contribution < 1.29 is 23.4 Å². The summed E-state index contributed by atoms with van der Waals surface area (Å²) in [5.41, 5.74) is 6.30. The number of halogens is 1. The number of amides is 1. The van der Waals surface area contributed by atoms with E-state index >= 15 is 0 Å². The van der Waals surface area contributed by atoms with Crippen LogP contribution in [-0.4, -0.2) is 47.7 Å². The second kappa shape index (κ2) is 13.2. The highest BCUT2D eigenvalue weighted by molar-refractivity contribution is 5.95. The van der Waals surface area contributed by atoms with Crippen molar-refractivity contribution in [3.05, 3.63) is 100 Å². The molecule has 0 atom stereocenters. The molecular formula is C31H35FN6O5. The molecule has 0 bridgehead atoms. The Morgan fingerprint density at radius 2 is 2.00 bits per heavy atom. The summed E-state index contributed by atoms with van der Waals surface area (Å²) in [7, 11) is 0. The van der Waals surface area contributed by atoms with Crippen molar-refractivity contribution in [1.29, 1.82) is 0 Å². The summed E-state index contributed by atoms with van der Waals surface area (Å²) in [5, 5.41) is 8.34. The van der Waals surface area contributed by atoms with Gasteiger partial charge >= 0.3 is 0 Å². The summed E-state index contributed by atoms with van der Waals surface area (Å²) in [6.07, 6.45) is 2.58. The van der Waals surface area contributed by atoms with Gasteiger partial charge in [0.1, 0.15) is 24.1 Å². The van der Waals surface area contributed by atoms with Crippen LogP contribution >= 0.6 is 0 Å². The molecule has 1 saturated heterocycles. The van der Waals surface area contributed by atoms with Crippen molar-refractivity contribution in [3.63, 3.8) is 0 Å². The van der Waals surface area contributed by atoms with Crippen molar-refractivity contribution in [3.8, 4) is 5.75 Å². The van der Waals surface area contributed by atoms with Crippen LogP contribution in [0.2, 0.25) is 0 Å². The highest BCUT2D eigenvalue weighted by Crippen LogP contribution is 2.36. The van der Waals surface area contributed by atoms with Crippen LogP contribution in [0.3, 0.4) is 0 Å². The van der Waals surface area contributed by atoms with Gasteiger partial charge in [-0.2, -0.15) is 5.10 Å². The average molecular weight is 591 g/mol. The summed E-state index contributed by atoms with van der Waals surface area (Å²) < 4.78 is 33.3. The molecule has 1 amide bonds. The molecule has 43 heavy (non-hydrogen) atoms. The number of carbonyl (C=O) groups excluding carboxylic acids is 1. The molecule has 0 radical (unpaired) electrons. The summed E-state index contributed by atoms with van der Waals surface area (Å²) >= 11 is 0. The first kappa shape index (κ1) is 29.9. The highest BCUT2D eigenvalue weighted by Gasteiger charge is 2.42. The number of nitrogens with one attached hydrogen (secondary N) is 1. The molecule has 12 heteroatoms. The first-order valence-corrected chi connectivity index (χ1v) is 14.1. The van der Waals surface area contributed by atoms with E-state index in [0.29, 0.717) is 56.3 Å². The van der Waals surface area contributed by atoms with Gasteiger partial charge in [0.2, 0.25) is 5.75 Å². The van der Waals surface area contributed by atoms with E-state index in [-0.39, 0.29) is 37.0 Å². The quantitative estimate of drug-likeness (QED) is 0.221. The Balaban J connectivity index is 1.53. The number of nitrogens with zero attached hydrogens (tertiary/aromatic N) is 4. The minimum atomic E-state index is -0.616. The van der Waals surface area contributed by atoms with Crippen LogP contribution in [-0.2, 0) is 34.6 Å². The van der Waals surface area contributed by atoms with Gasteiger partial charge in [-0.05, 0) is 43.0 Å². The number of carbonyl (C=O) groups is 1. The second-order valence-electron chi connectivity index (χ2n) is 10.5. The van der Waals surface area contributed by atoms with E-state index in [4.69, 9.17) is 24.9 Å². The van der Waals surface area contributed by atoms with Crippen LogP contribution in [0, 0.1) is 5.82 Å². The number of hydrogen-bond acceptors (Lipinski definition) is 8. The lowest BCUT2D eigenvalue weighted by molar-refractivity contribution is 0.00412. The summed E-state index contributed by atoms with van der Waals surface area (Å²) in [4.78, 5) is 32.6. The number of rotatable bonds is 9. The van der Waals surface area contributed by atoms with Crippen molar-refractivity contribution in [2.45, 2.75) is 44.9 Å². The highest BCUT2D eigenvalue weighted by atomic mass is 19.1. The number of hydrogen-bond donors (Lipinski definition) is 2. The van der Waals surface area contributed by atoms with E-state index in [0.717, 1.165) is 5.56 Å². The van der Waals surface area contributed by atoms with Crippen molar-refractivity contribution in [1.82, 2.24) is 14.9 Å². The molecule has 11 nitrogen and oxygen atoms in total. The third-order valence-corrected chi connectivity index (χ3v) is 7.50.